The second-order valence-corrected chi connectivity index (χ2v) is 7.43. The van der Waals surface area contributed by atoms with Crippen LogP contribution in [0, 0.1) is 5.92 Å². The van der Waals surface area contributed by atoms with E-state index in [1.54, 1.807) is 16.2 Å². The van der Waals surface area contributed by atoms with Gasteiger partial charge in [-0.1, -0.05) is 13.0 Å². The largest absolute Gasteiger partial charge is 0.366 e. The minimum absolute atomic E-state index is 0.0838. The highest BCUT2D eigenvalue weighted by atomic mass is 32.1. The van der Waals surface area contributed by atoms with Crippen molar-refractivity contribution in [1.82, 2.24) is 9.88 Å². The van der Waals surface area contributed by atoms with Crippen LogP contribution in [0.5, 0.6) is 0 Å². The molecule has 3 N–H and O–H groups in total. The van der Waals surface area contributed by atoms with Gasteiger partial charge in [0.15, 0.2) is 0 Å². The van der Waals surface area contributed by atoms with Gasteiger partial charge in [0.2, 0.25) is 5.91 Å². The topological polar surface area (TPSA) is 105 Å². The quantitative estimate of drug-likeness (QED) is 0.806. The van der Waals surface area contributed by atoms with Crippen LogP contribution in [0.15, 0.2) is 36.0 Å². The lowest BCUT2D eigenvalue weighted by molar-refractivity contribution is -0.146. The lowest BCUT2D eigenvalue weighted by Gasteiger charge is -2.37. The number of piperidine rings is 1. The van der Waals surface area contributed by atoms with Crippen molar-refractivity contribution in [2.45, 2.75) is 25.8 Å². The van der Waals surface area contributed by atoms with Gasteiger partial charge in [-0.15, -0.1) is 11.3 Å². The van der Waals surface area contributed by atoms with Crippen LogP contribution in [-0.4, -0.2) is 34.2 Å². The number of rotatable bonds is 3. The summed E-state index contributed by atoms with van der Waals surface area (Å²) in [4.78, 5) is 43.1. The van der Waals surface area contributed by atoms with Crippen molar-refractivity contribution >= 4 is 34.7 Å². The predicted octanol–water partition coefficient (Wildman–Crippen LogP) is 2.18. The van der Waals surface area contributed by atoms with Gasteiger partial charge in [-0.05, 0) is 36.3 Å². The SMILES string of the molecule is C[C@H]1CC[C@H](c2cccs2)N(C(=O)C(=O)Nc2cncc(C(N)=O)c2)C1. The number of hydrogen-bond acceptors (Lipinski definition) is 5. The highest BCUT2D eigenvalue weighted by Gasteiger charge is 2.34. The van der Waals surface area contributed by atoms with Crippen LogP contribution in [-0.2, 0) is 9.59 Å². The average Bonchev–Trinajstić information content (AvgIpc) is 3.15. The van der Waals surface area contributed by atoms with Gasteiger partial charge in [0.25, 0.3) is 0 Å². The molecule has 0 radical (unpaired) electrons. The molecule has 2 aromatic heterocycles. The maximum Gasteiger partial charge on any atom is 0.313 e. The number of primary amides is 1. The van der Waals surface area contributed by atoms with Crippen LogP contribution in [0.2, 0.25) is 0 Å². The maximum atomic E-state index is 12.8. The van der Waals surface area contributed by atoms with E-state index in [1.807, 2.05) is 17.5 Å². The number of aromatic nitrogens is 1. The van der Waals surface area contributed by atoms with Gasteiger partial charge in [0.05, 0.1) is 23.5 Å². The Labute approximate surface area is 155 Å². The third-order valence-electron chi connectivity index (χ3n) is 4.42. The summed E-state index contributed by atoms with van der Waals surface area (Å²) in [6, 6.07) is 5.25. The Morgan fingerprint density at radius 3 is 2.81 bits per heavy atom. The Balaban J connectivity index is 1.76. The molecule has 26 heavy (non-hydrogen) atoms. The molecule has 0 saturated carbocycles. The molecular weight excluding hydrogens is 352 g/mol. The van der Waals surface area contributed by atoms with Crippen molar-refractivity contribution in [3.8, 4) is 0 Å². The minimum Gasteiger partial charge on any atom is -0.366 e. The number of pyridine rings is 1. The van der Waals surface area contributed by atoms with E-state index in [9.17, 15) is 14.4 Å². The number of nitrogens with one attached hydrogen (secondary N) is 1. The number of carbonyl (C=O) groups is 3. The highest BCUT2D eigenvalue weighted by molar-refractivity contribution is 7.10. The summed E-state index contributed by atoms with van der Waals surface area (Å²) in [5, 5.41) is 4.49. The van der Waals surface area contributed by atoms with E-state index in [2.05, 4.69) is 17.2 Å². The van der Waals surface area contributed by atoms with Gasteiger partial charge in [-0.2, -0.15) is 0 Å². The lowest BCUT2D eigenvalue weighted by atomic mass is 9.93. The number of nitrogens with two attached hydrogens (primary N) is 1. The summed E-state index contributed by atoms with van der Waals surface area (Å²) in [7, 11) is 0. The van der Waals surface area contributed by atoms with Crippen LogP contribution in [0.1, 0.15) is 41.0 Å². The van der Waals surface area contributed by atoms with Crippen LogP contribution >= 0.6 is 11.3 Å². The molecule has 0 spiro atoms. The molecule has 0 aliphatic carbocycles. The Morgan fingerprint density at radius 2 is 2.12 bits per heavy atom. The number of amides is 3. The fourth-order valence-electron chi connectivity index (χ4n) is 3.11. The standard InChI is InChI=1S/C18H20N4O3S/c1-11-4-5-14(15-3-2-6-26-15)22(10-11)18(25)17(24)21-13-7-12(16(19)23)8-20-9-13/h2-3,6-9,11,14H,4-5,10H2,1H3,(H2,19,23)(H,21,24)/t11-,14+/m0/s1. The first kappa shape index (κ1) is 18.1. The molecule has 0 unspecified atom stereocenters. The van der Waals surface area contributed by atoms with Crippen molar-refractivity contribution in [2.75, 3.05) is 11.9 Å². The Bertz CT molecular complexity index is 822. The number of thiophene rings is 1. The number of hydrogen-bond donors (Lipinski definition) is 2. The molecule has 7 nitrogen and oxygen atoms in total. The smallest absolute Gasteiger partial charge is 0.313 e. The van der Waals surface area contributed by atoms with Crippen molar-refractivity contribution in [3.05, 3.63) is 46.4 Å². The first-order chi connectivity index (χ1) is 12.5. The van der Waals surface area contributed by atoms with Gasteiger partial charge in [0, 0.05) is 17.6 Å². The van der Waals surface area contributed by atoms with Gasteiger partial charge in [-0.25, -0.2) is 0 Å². The van der Waals surface area contributed by atoms with E-state index in [0.29, 0.717) is 12.5 Å². The Hall–Kier alpha value is -2.74. The summed E-state index contributed by atoms with van der Waals surface area (Å²) in [6.07, 6.45) is 4.52. The number of anilines is 1. The van der Waals surface area contributed by atoms with Crippen molar-refractivity contribution in [1.29, 1.82) is 0 Å². The van der Waals surface area contributed by atoms with Gasteiger partial charge in [0.1, 0.15) is 0 Å². The zero-order valence-electron chi connectivity index (χ0n) is 14.3. The van der Waals surface area contributed by atoms with E-state index in [1.165, 1.54) is 18.5 Å². The zero-order valence-corrected chi connectivity index (χ0v) is 15.2. The third-order valence-corrected chi connectivity index (χ3v) is 5.40. The molecule has 3 rings (SSSR count). The van der Waals surface area contributed by atoms with Crippen LogP contribution < -0.4 is 11.1 Å². The van der Waals surface area contributed by atoms with Crippen LogP contribution in [0.3, 0.4) is 0 Å². The molecule has 0 bridgehead atoms. The van der Waals surface area contributed by atoms with E-state index >= 15 is 0 Å². The molecule has 8 heteroatoms. The summed E-state index contributed by atoms with van der Waals surface area (Å²) in [5.41, 5.74) is 5.64. The second-order valence-electron chi connectivity index (χ2n) is 6.45. The third kappa shape index (κ3) is 3.91. The number of nitrogens with zero attached hydrogens (tertiary/aromatic N) is 2. The molecule has 1 aliphatic heterocycles. The molecule has 1 saturated heterocycles. The second kappa shape index (κ2) is 7.65. The van der Waals surface area contributed by atoms with Crippen LogP contribution in [0.25, 0.3) is 0 Å². The average molecular weight is 372 g/mol. The monoisotopic (exact) mass is 372 g/mol. The molecule has 1 fully saturated rings. The molecule has 2 atom stereocenters. The summed E-state index contributed by atoms with van der Waals surface area (Å²) >= 11 is 1.59. The summed E-state index contributed by atoms with van der Waals surface area (Å²) in [6.45, 7) is 2.61. The molecule has 136 valence electrons. The fraction of sp³-hybridized carbons (Fsp3) is 0.333. The van der Waals surface area contributed by atoms with E-state index < -0.39 is 17.7 Å². The molecule has 1 aliphatic rings. The van der Waals surface area contributed by atoms with Crippen molar-refractivity contribution < 1.29 is 14.4 Å². The van der Waals surface area contributed by atoms with Crippen molar-refractivity contribution in [3.63, 3.8) is 0 Å². The normalized spacial score (nSPS) is 19.8. The van der Waals surface area contributed by atoms with E-state index in [4.69, 9.17) is 5.73 Å². The first-order valence-corrected chi connectivity index (χ1v) is 9.24. The Morgan fingerprint density at radius 1 is 1.31 bits per heavy atom. The zero-order chi connectivity index (χ0) is 18.7. The van der Waals surface area contributed by atoms with Gasteiger partial charge in [-0.3, -0.25) is 19.4 Å². The van der Waals surface area contributed by atoms with Crippen molar-refractivity contribution in [2.24, 2.45) is 11.7 Å². The highest BCUT2D eigenvalue weighted by Crippen LogP contribution is 2.35. The first-order valence-electron chi connectivity index (χ1n) is 8.36. The molecule has 3 amide bonds. The molecule has 2 aromatic rings. The van der Waals surface area contributed by atoms with E-state index in [-0.39, 0.29) is 17.3 Å². The molecular formula is C18H20N4O3S. The lowest BCUT2D eigenvalue weighted by Crippen LogP contribution is -2.46. The molecule has 0 aromatic carbocycles. The van der Waals surface area contributed by atoms with E-state index in [0.717, 1.165) is 17.7 Å². The predicted molar refractivity (Wildman–Crippen MR) is 98.6 cm³/mol. The fourth-order valence-corrected chi connectivity index (χ4v) is 3.99. The minimum atomic E-state index is -0.746. The maximum absolute atomic E-state index is 12.8. The molecule has 3 heterocycles. The summed E-state index contributed by atoms with van der Waals surface area (Å²) in [5.74, 6) is -1.64. The van der Waals surface area contributed by atoms with Gasteiger partial charge < -0.3 is 16.0 Å². The van der Waals surface area contributed by atoms with Crippen LogP contribution in [0.4, 0.5) is 5.69 Å². The number of likely N-dealkylation sites (tertiary alicyclic amines) is 1. The van der Waals surface area contributed by atoms with Gasteiger partial charge >= 0.3 is 11.8 Å². The Kier molecular flexibility index (Phi) is 5.32. The number of carbonyl (C=O) groups excluding carboxylic acids is 3. The summed E-state index contributed by atoms with van der Waals surface area (Å²) < 4.78 is 0.